The van der Waals surface area contributed by atoms with Crippen LogP contribution in [0.25, 0.3) is 0 Å². The van der Waals surface area contributed by atoms with E-state index in [0.29, 0.717) is 19.5 Å². The van der Waals surface area contributed by atoms with Crippen LogP contribution in [-0.2, 0) is 4.79 Å². The number of hydrogen-bond donors (Lipinski definition) is 1. The molecule has 1 amide bonds. The molecular formula is C17H23F3N2O3. The summed E-state index contributed by atoms with van der Waals surface area (Å²) in [5, 5.41) is 0. The van der Waals surface area contributed by atoms with Crippen LogP contribution in [-0.4, -0.2) is 49.3 Å². The maximum absolute atomic E-state index is 12.3. The van der Waals surface area contributed by atoms with Gasteiger partial charge in [-0.1, -0.05) is 26.0 Å². The number of amides is 1. The van der Waals surface area contributed by atoms with Crippen molar-refractivity contribution in [1.82, 2.24) is 4.90 Å². The lowest BCUT2D eigenvalue weighted by Crippen LogP contribution is -2.54. The number of rotatable bonds is 5. The first kappa shape index (κ1) is 19.4. The molecule has 2 rings (SSSR count). The maximum atomic E-state index is 12.3. The first-order valence-electron chi connectivity index (χ1n) is 8.03. The largest absolute Gasteiger partial charge is 0.480 e. The molecule has 1 aromatic rings. The predicted molar refractivity (Wildman–Crippen MR) is 86.4 cm³/mol. The smallest absolute Gasteiger partial charge is 0.422 e. The number of halogens is 3. The molecule has 8 heteroatoms. The van der Waals surface area contributed by atoms with Gasteiger partial charge in [0, 0.05) is 19.1 Å². The molecule has 1 aliphatic rings. The standard InChI is InChI=1S/C17H23F3N2O3/c1-16(2)10-22(8-7-14(16)21)15(23)9-24-12-5-3-4-6-13(12)25-11-17(18,19)20/h3-6,14H,7-11,21H2,1-2H3. The number of likely N-dealkylation sites (tertiary alicyclic amines) is 1. The van der Waals surface area contributed by atoms with Gasteiger partial charge < -0.3 is 20.1 Å². The van der Waals surface area contributed by atoms with Gasteiger partial charge in [0.25, 0.3) is 5.91 Å². The summed E-state index contributed by atoms with van der Waals surface area (Å²) in [4.78, 5) is 14.0. The number of benzene rings is 1. The Kier molecular flexibility index (Phi) is 5.82. The fourth-order valence-electron chi connectivity index (χ4n) is 2.67. The molecule has 0 aromatic heterocycles. The summed E-state index contributed by atoms with van der Waals surface area (Å²) in [6, 6.07) is 6.00. The molecule has 0 spiro atoms. The van der Waals surface area contributed by atoms with E-state index >= 15 is 0 Å². The Morgan fingerprint density at radius 1 is 1.28 bits per heavy atom. The van der Waals surface area contributed by atoms with E-state index in [0.717, 1.165) is 0 Å². The molecule has 5 nitrogen and oxygen atoms in total. The third-order valence-electron chi connectivity index (χ3n) is 4.26. The molecule has 0 aliphatic carbocycles. The molecule has 2 N–H and O–H groups in total. The Morgan fingerprint density at radius 2 is 1.88 bits per heavy atom. The molecule has 1 atom stereocenters. The molecule has 1 fully saturated rings. The SMILES string of the molecule is CC1(C)CN(C(=O)COc2ccccc2OCC(F)(F)F)CCC1N. The number of hydrogen-bond acceptors (Lipinski definition) is 4. The van der Waals surface area contributed by atoms with Crippen LogP contribution in [0, 0.1) is 5.41 Å². The highest BCUT2D eigenvalue weighted by molar-refractivity contribution is 5.78. The highest BCUT2D eigenvalue weighted by Gasteiger charge is 2.35. The number of nitrogens with zero attached hydrogens (tertiary/aromatic N) is 1. The van der Waals surface area contributed by atoms with E-state index in [2.05, 4.69) is 0 Å². The van der Waals surface area contributed by atoms with Crippen LogP contribution in [0.15, 0.2) is 24.3 Å². The minimum atomic E-state index is -4.44. The van der Waals surface area contributed by atoms with Crippen LogP contribution in [0.5, 0.6) is 11.5 Å². The van der Waals surface area contributed by atoms with Crippen LogP contribution >= 0.6 is 0 Å². The first-order valence-corrected chi connectivity index (χ1v) is 8.03. The minimum absolute atomic E-state index is 0.0222. The average Bonchev–Trinajstić information content (AvgIpc) is 2.53. The monoisotopic (exact) mass is 360 g/mol. The van der Waals surface area contributed by atoms with Crippen molar-refractivity contribution in [3.63, 3.8) is 0 Å². The summed E-state index contributed by atoms with van der Waals surface area (Å²) in [6.07, 6.45) is -3.74. The van der Waals surface area contributed by atoms with Crippen molar-refractivity contribution in [2.45, 2.75) is 32.5 Å². The van der Waals surface area contributed by atoms with Gasteiger partial charge in [-0.05, 0) is 24.0 Å². The van der Waals surface area contributed by atoms with Gasteiger partial charge in [0.2, 0.25) is 0 Å². The molecule has 25 heavy (non-hydrogen) atoms. The van der Waals surface area contributed by atoms with E-state index in [-0.39, 0.29) is 35.5 Å². The van der Waals surface area contributed by atoms with Crippen LogP contribution in [0.4, 0.5) is 13.2 Å². The predicted octanol–water partition coefficient (Wildman–Crippen LogP) is 2.59. The molecule has 1 aliphatic heterocycles. The van der Waals surface area contributed by atoms with Gasteiger partial charge in [-0.15, -0.1) is 0 Å². The van der Waals surface area contributed by atoms with Crippen molar-refractivity contribution in [1.29, 1.82) is 0 Å². The molecule has 1 aromatic carbocycles. The number of carbonyl (C=O) groups is 1. The van der Waals surface area contributed by atoms with Crippen LogP contribution < -0.4 is 15.2 Å². The third-order valence-corrected chi connectivity index (χ3v) is 4.26. The van der Waals surface area contributed by atoms with E-state index < -0.39 is 12.8 Å². The average molecular weight is 360 g/mol. The lowest BCUT2D eigenvalue weighted by atomic mass is 9.80. The molecule has 0 bridgehead atoms. The zero-order chi connectivity index (χ0) is 18.7. The lowest BCUT2D eigenvalue weighted by molar-refractivity contribution is -0.153. The van der Waals surface area contributed by atoms with Crippen molar-refractivity contribution in [2.75, 3.05) is 26.3 Å². The van der Waals surface area contributed by atoms with Gasteiger partial charge in [-0.25, -0.2) is 0 Å². The van der Waals surface area contributed by atoms with Gasteiger partial charge in [0.15, 0.2) is 24.7 Å². The van der Waals surface area contributed by atoms with Crippen molar-refractivity contribution in [3.05, 3.63) is 24.3 Å². The summed E-state index contributed by atoms with van der Waals surface area (Å²) >= 11 is 0. The van der Waals surface area contributed by atoms with Crippen molar-refractivity contribution >= 4 is 5.91 Å². The van der Waals surface area contributed by atoms with Gasteiger partial charge in [0.1, 0.15) is 0 Å². The fraction of sp³-hybridized carbons (Fsp3) is 0.588. The molecule has 140 valence electrons. The van der Waals surface area contributed by atoms with Gasteiger partial charge in [-0.2, -0.15) is 13.2 Å². The maximum Gasteiger partial charge on any atom is 0.422 e. The second-order valence-electron chi connectivity index (χ2n) is 6.84. The number of carbonyl (C=O) groups excluding carboxylic acids is 1. The van der Waals surface area contributed by atoms with E-state index in [1.54, 1.807) is 11.0 Å². The summed E-state index contributed by atoms with van der Waals surface area (Å²) in [6.45, 7) is 3.37. The van der Waals surface area contributed by atoms with E-state index in [9.17, 15) is 18.0 Å². The molecule has 1 unspecified atom stereocenters. The van der Waals surface area contributed by atoms with E-state index in [1.165, 1.54) is 18.2 Å². The Morgan fingerprint density at radius 3 is 2.44 bits per heavy atom. The Bertz CT molecular complexity index is 605. The van der Waals surface area contributed by atoms with Crippen molar-refractivity contribution < 1.29 is 27.4 Å². The van der Waals surface area contributed by atoms with Crippen LogP contribution in [0.1, 0.15) is 20.3 Å². The first-order chi connectivity index (χ1) is 11.6. The van der Waals surface area contributed by atoms with E-state index in [4.69, 9.17) is 15.2 Å². The van der Waals surface area contributed by atoms with Crippen molar-refractivity contribution in [2.24, 2.45) is 11.1 Å². The normalized spacial score (nSPS) is 20.2. The Balaban J connectivity index is 1.94. The van der Waals surface area contributed by atoms with Gasteiger partial charge in [-0.3, -0.25) is 4.79 Å². The zero-order valence-electron chi connectivity index (χ0n) is 14.3. The number of nitrogens with two attached hydrogens (primary N) is 1. The van der Waals surface area contributed by atoms with E-state index in [1.807, 2.05) is 13.8 Å². The molecular weight excluding hydrogens is 337 g/mol. The van der Waals surface area contributed by atoms with Crippen LogP contribution in [0.3, 0.4) is 0 Å². The molecule has 1 heterocycles. The number of piperidine rings is 1. The highest BCUT2D eigenvalue weighted by atomic mass is 19.4. The van der Waals surface area contributed by atoms with Crippen molar-refractivity contribution in [3.8, 4) is 11.5 Å². The van der Waals surface area contributed by atoms with Crippen LogP contribution in [0.2, 0.25) is 0 Å². The number of alkyl halides is 3. The summed E-state index contributed by atoms with van der Waals surface area (Å²) in [5.41, 5.74) is 5.86. The minimum Gasteiger partial charge on any atom is -0.480 e. The second-order valence-corrected chi connectivity index (χ2v) is 6.84. The summed E-state index contributed by atoms with van der Waals surface area (Å²) in [7, 11) is 0. The van der Waals surface area contributed by atoms with Gasteiger partial charge in [0.05, 0.1) is 0 Å². The number of para-hydroxylation sites is 2. The summed E-state index contributed by atoms with van der Waals surface area (Å²) in [5.74, 6) is -0.174. The Hall–Kier alpha value is -1.96. The highest BCUT2D eigenvalue weighted by Crippen LogP contribution is 2.30. The zero-order valence-corrected chi connectivity index (χ0v) is 14.3. The number of ether oxygens (including phenoxy) is 2. The van der Waals surface area contributed by atoms with Gasteiger partial charge >= 0.3 is 6.18 Å². The lowest BCUT2D eigenvalue weighted by Gasteiger charge is -2.42. The topological polar surface area (TPSA) is 64.8 Å². The molecule has 1 saturated heterocycles. The molecule has 0 radical (unpaired) electrons. The summed E-state index contributed by atoms with van der Waals surface area (Å²) < 4.78 is 47.0. The quantitative estimate of drug-likeness (QED) is 0.877. The Labute approximate surface area is 144 Å². The molecule has 0 saturated carbocycles. The second kappa shape index (κ2) is 7.51. The fourth-order valence-corrected chi connectivity index (χ4v) is 2.67. The third kappa shape index (κ3) is 5.52.